The third kappa shape index (κ3) is 3.02. The number of carbonyl (C=O) groups is 1. The molecular weight excluding hydrogens is 258 g/mol. The van der Waals surface area contributed by atoms with Crippen LogP contribution in [0.5, 0.6) is 0 Å². The van der Waals surface area contributed by atoms with Gasteiger partial charge in [0.15, 0.2) is 0 Å². The molecule has 0 spiro atoms. The van der Waals surface area contributed by atoms with E-state index in [4.69, 9.17) is 4.74 Å². The predicted octanol–water partition coefficient (Wildman–Crippen LogP) is 2.80. The summed E-state index contributed by atoms with van der Waals surface area (Å²) >= 11 is 3.22. The Morgan fingerprint density at radius 1 is 1.60 bits per heavy atom. The van der Waals surface area contributed by atoms with Crippen molar-refractivity contribution in [2.75, 3.05) is 6.61 Å². The molecule has 3 nitrogen and oxygen atoms in total. The first-order chi connectivity index (χ1) is 7.27. The number of hydrogen-bond acceptors (Lipinski definition) is 3. The van der Waals surface area contributed by atoms with E-state index >= 15 is 0 Å². The Labute approximate surface area is 97.0 Å². The van der Waals surface area contributed by atoms with Gasteiger partial charge in [-0.2, -0.15) is 0 Å². The number of hydrogen-bond donors (Lipinski definition) is 0. The minimum absolute atomic E-state index is 0.296. The van der Waals surface area contributed by atoms with Crippen molar-refractivity contribution in [2.24, 2.45) is 5.92 Å². The lowest BCUT2D eigenvalue weighted by Crippen LogP contribution is -2.08. The highest BCUT2D eigenvalue weighted by atomic mass is 79.9. The van der Waals surface area contributed by atoms with Crippen molar-refractivity contribution in [2.45, 2.75) is 19.3 Å². The Balaban J connectivity index is 1.86. The fourth-order valence-corrected chi connectivity index (χ4v) is 1.75. The summed E-state index contributed by atoms with van der Waals surface area (Å²) in [6.07, 6.45) is 5.19. The maximum absolute atomic E-state index is 11.6. The average molecular weight is 270 g/mol. The van der Waals surface area contributed by atoms with Gasteiger partial charge in [-0.1, -0.05) is 12.8 Å². The molecule has 80 valence electrons. The summed E-state index contributed by atoms with van der Waals surface area (Å²) in [4.78, 5) is 15.5. The number of nitrogens with zero attached hydrogens (tertiary/aromatic N) is 1. The Kier molecular flexibility index (Phi) is 3.36. The smallest absolute Gasteiger partial charge is 0.340 e. The molecule has 1 aromatic rings. The Bertz CT molecular complexity index is 363. The van der Waals surface area contributed by atoms with Gasteiger partial charge >= 0.3 is 5.97 Å². The zero-order valence-corrected chi connectivity index (χ0v) is 9.87. The average Bonchev–Trinajstić information content (AvgIpc) is 3.02. The molecule has 0 N–H and O–H groups in total. The van der Waals surface area contributed by atoms with E-state index in [1.807, 2.05) is 0 Å². The van der Waals surface area contributed by atoms with Crippen LogP contribution < -0.4 is 0 Å². The van der Waals surface area contributed by atoms with Gasteiger partial charge in [-0.15, -0.1) is 0 Å². The number of halogens is 1. The fraction of sp³-hybridized carbons (Fsp3) is 0.455. The summed E-state index contributed by atoms with van der Waals surface area (Å²) in [7, 11) is 0. The summed E-state index contributed by atoms with van der Waals surface area (Å²) in [6, 6.07) is 3.43. The molecule has 0 unspecified atom stereocenters. The van der Waals surface area contributed by atoms with Crippen LogP contribution in [0.25, 0.3) is 0 Å². The lowest BCUT2D eigenvalue weighted by atomic mass is 10.3. The first kappa shape index (κ1) is 10.6. The lowest BCUT2D eigenvalue weighted by molar-refractivity contribution is 0.0493. The largest absolute Gasteiger partial charge is 0.462 e. The molecule has 1 saturated carbocycles. The molecule has 1 aromatic heterocycles. The van der Waals surface area contributed by atoms with Crippen LogP contribution in [0, 0.1) is 5.92 Å². The van der Waals surface area contributed by atoms with Crippen molar-refractivity contribution >= 4 is 21.9 Å². The summed E-state index contributed by atoms with van der Waals surface area (Å²) in [5.74, 6) is 0.491. The van der Waals surface area contributed by atoms with Crippen LogP contribution in [0.1, 0.15) is 29.6 Å². The highest BCUT2D eigenvalue weighted by Crippen LogP contribution is 2.32. The lowest BCUT2D eigenvalue weighted by Gasteiger charge is -2.04. The van der Waals surface area contributed by atoms with Crippen LogP contribution in [0.2, 0.25) is 0 Å². The topological polar surface area (TPSA) is 39.2 Å². The molecule has 15 heavy (non-hydrogen) atoms. The van der Waals surface area contributed by atoms with Crippen LogP contribution in [0.4, 0.5) is 0 Å². The molecule has 1 fully saturated rings. The number of pyridine rings is 1. The van der Waals surface area contributed by atoms with Crippen LogP contribution in [-0.2, 0) is 4.74 Å². The Morgan fingerprint density at radius 2 is 2.40 bits per heavy atom. The number of aromatic nitrogens is 1. The molecule has 1 heterocycles. The van der Waals surface area contributed by atoms with E-state index in [2.05, 4.69) is 20.9 Å². The SMILES string of the molecule is O=C(OCCC1CC1)c1cccnc1Br. The van der Waals surface area contributed by atoms with Crippen LogP contribution in [0.3, 0.4) is 0 Å². The van der Waals surface area contributed by atoms with E-state index in [0.29, 0.717) is 16.8 Å². The van der Waals surface area contributed by atoms with E-state index in [1.165, 1.54) is 12.8 Å². The Morgan fingerprint density at radius 3 is 3.07 bits per heavy atom. The summed E-state index contributed by atoms with van der Waals surface area (Å²) in [6.45, 7) is 0.519. The molecular formula is C11H12BrNO2. The van der Waals surface area contributed by atoms with Gasteiger partial charge in [0.05, 0.1) is 12.2 Å². The second kappa shape index (κ2) is 4.75. The van der Waals surface area contributed by atoms with Crippen LogP contribution >= 0.6 is 15.9 Å². The van der Waals surface area contributed by atoms with Gasteiger partial charge in [-0.3, -0.25) is 0 Å². The fourth-order valence-electron chi connectivity index (χ4n) is 1.34. The van der Waals surface area contributed by atoms with Gasteiger partial charge in [-0.05, 0) is 40.4 Å². The molecule has 1 aliphatic rings. The molecule has 0 aliphatic heterocycles. The standard InChI is InChI=1S/C11H12BrNO2/c12-10-9(2-1-6-13-10)11(14)15-7-5-8-3-4-8/h1-2,6,8H,3-5,7H2. The molecule has 0 radical (unpaired) electrons. The molecule has 0 aromatic carbocycles. The predicted molar refractivity (Wildman–Crippen MR) is 59.6 cm³/mol. The van der Waals surface area contributed by atoms with E-state index in [0.717, 1.165) is 12.3 Å². The minimum atomic E-state index is -0.296. The van der Waals surface area contributed by atoms with Crippen molar-refractivity contribution in [1.29, 1.82) is 0 Å². The molecule has 2 rings (SSSR count). The van der Waals surface area contributed by atoms with Crippen molar-refractivity contribution < 1.29 is 9.53 Å². The van der Waals surface area contributed by atoms with Crippen molar-refractivity contribution in [3.05, 3.63) is 28.5 Å². The van der Waals surface area contributed by atoms with E-state index in [9.17, 15) is 4.79 Å². The van der Waals surface area contributed by atoms with Crippen molar-refractivity contribution in [1.82, 2.24) is 4.98 Å². The highest BCUT2D eigenvalue weighted by Gasteiger charge is 2.21. The second-order valence-corrected chi connectivity index (χ2v) is 4.46. The van der Waals surface area contributed by atoms with E-state index < -0.39 is 0 Å². The van der Waals surface area contributed by atoms with Crippen molar-refractivity contribution in [3.8, 4) is 0 Å². The molecule has 0 bridgehead atoms. The molecule has 0 amide bonds. The van der Waals surface area contributed by atoms with Gasteiger partial charge in [0.1, 0.15) is 4.60 Å². The van der Waals surface area contributed by atoms with E-state index in [-0.39, 0.29) is 5.97 Å². The monoisotopic (exact) mass is 269 g/mol. The zero-order chi connectivity index (χ0) is 10.7. The first-order valence-corrected chi connectivity index (χ1v) is 5.84. The number of ether oxygens (including phenoxy) is 1. The van der Waals surface area contributed by atoms with Gasteiger partial charge in [0.25, 0.3) is 0 Å². The second-order valence-electron chi connectivity index (χ2n) is 3.71. The highest BCUT2D eigenvalue weighted by molar-refractivity contribution is 9.10. The van der Waals surface area contributed by atoms with Gasteiger partial charge in [-0.25, -0.2) is 9.78 Å². The van der Waals surface area contributed by atoms with Crippen LogP contribution in [-0.4, -0.2) is 17.6 Å². The third-order valence-electron chi connectivity index (χ3n) is 2.44. The first-order valence-electron chi connectivity index (χ1n) is 5.05. The maximum atomic E-state index is 11.6. The van der Waals surface area contributed by atoms with Gasteiger partial charge < -0.3 is 4.74 Å². The van der Waals surface area contributed by atoms with Crippen molar-refractivity contribution in [3.63, 3.8) is 0 Å². The quantitative estimate of drug-likeness (QED) is 0.623. The minimum Gasteiger partial charge on any atom is -0.462 e. The van der Waals surface area contributed by atoms with Crippen LogP contribution in [0.15, 0.2) is 22.9 Å². The summed E-state index contributed by atoms with van der Waals surface area (Å²) in [5, 5.41) is 0. The Hall–Kier alpha value is -0.900. The number of rotatable bonds is 4. The molecule has 0 saturated heterocycles. The summed E-state index contributed by atoms with van der Waals surface area (Å²) in [5.41, 5.74) is 0.494. The van der Waals surface area contributed by atoms with Gasteiger partial charge in [0, 0.05) is 6.20 Å². The third-order valence-corrected chi connectivity index (χ3v) is 3.07. The van der Waals surface area contributed by atoms with Gasteiger partial charge in [0.2, 0.25) is 0 Å². The maximum Gasteiger partial charge on any atom is 0.340 e. The number of esters is 1. The van der Waals surface area contributed by atoms with E-state index in [1.54, 1.807) is 18.3 Å². The molecule has 1 aliphatic carbocycles. The molecule has 0 atom stereocenters. The summed E-state index contributed by atoms with van der Waals surface area (Å²) < 4.78 is 5.69. The number of carbonyl (C=O) groups excluding carboxylic acids is 1. The normalized spacial score (nSPS) is 15.0. The zero-order valence-electron chi connectivity index (χ0n) is 8.28. The molecule has 4 heteroatoms.